The van der Waals surface area contributed by atoms with E-state index in [4.69, 9.17) is 5.11 Å². The summed E-state index contributed by atoms with van der Waals surface area (Å²) in [6.45, 7) is 1.09. The van der Waals surface area contributed by atoms with Crippen LogP contribution in [0.2, 0.25) is 0 Å². The number of alkyl halides is 3. The first kappa shape index (κ1) is 16.0. The number of aryl methyl sites for hydroxylation is 1. The lowest BCUT2D eigenvalue weighted by Gasteiger charge is -2.28. The molecule has 0 spiro atoms. The van der Waals surface area contributed by atoms with Crippen LogP contribution in [0, 0.1) is 6.92 Å². The van der Waals surface area contributed by atoms with Crippen molar-refractivity contribution >= 4 is 11.3 Å². The number of rotatable bonds is 4. The van der Waals surface area contributed by atoms with Gasteiger partial charge in [0.1, 0.15) is 0 Å². The van der Waals surface area contributed by atoms with Gasteiger partial charge >= 0.3 is 12.0 Å². The third-order valence-electron chi connectivity index (χ3n) is 2.66. The highest BCUT2D eigenvalue weighted by atomic mass is 32.1. The van der Waals surface area contributed by atoms with Crippen LogP contribution in [0.5, 0.6) is 0 Å². The summed E-state index contributed by atoms with van der Waals surface area (Å²) in [4.78, 5) is 0.234. The number of hydrogen-bond donors (Lipinski definition) is 1. The Morgan fingerprint density at radius 3 is 2.16 bits per heavy atom. The molecule has 1 aromatic heterocycles. The average molecular weight is 304 g/mol. The molecular formula is C11H10F6OS. The van der Waals surface area contributed by atoms with Gasteiger partial charge in [-0.3, -0.25) is 0 Å². The van der Waals surface area contributed by atoms with Gasteiger partial charge in [-0.1, -0.05) is 0 Å². The number of thiophene rings is 1. The molecule has 0 aliphatic rings. The van der Waals surface area contributed by atoms with Crippen molar-refractivity contribution < 1.29 is 31.4 Å². The number of hydrogen-bond acceptors (Lipinski definition) is 2. The van der Waals surface area contributed by atoms with Crippen molar-refractivity contribution in [3.8, 4) is 0 Å². The minimum atomic E-state index is -5.00. The number of allylic oxidation sites excluding steroid dienone is 1. The maximum absolute atomic E-state index is 14.2. The molecular weight excluding hydrogens is 294 g/mol. The zero-order valence-corrected chi connectivity index (χ0v) is 10.7. The van der Waals surface area contributed by atoms with Gasteiger partial charge in [0, 0.05) is 15.3 Å². The first-order valence-corrected chi connectivity index (χ1v) is 5.86. The predicted octanol–water partition coefficient (Wildman–Crippen LogP) is 4.45. The van der Waals surface area contributed by atoms with E-state index in [1.807, 2.05) is 0 Å². The Hall–Kier alpha value is -1.02. The topological polar surface area (TPSA) is 20.2 Å². The SMILES string of the molecule is Cc1sc(CO)cc1C(C)(F)C(F)(F)C(F)=C(F)F. The van der Waals surface area contributed by atoms with Crippen LogP contribution in [0.3, 0.4) is 0 Å². The first-order chi connectivity index (χ1) is 8.55. The van der Waals surface area contributed by atoms with Gasteiger partial charge in [0.05, 0.1) is 6.61 Å². The average Bonchev–Trinajstić information content (AvgIpc) is 2.69. The second-order valence-electron chi connectivity index (χ2n) is 3.99. The fraction of sp³-hybridized carbons (Fsp3) is 0.455. The van der Waals surface area contributed by atoms with Gasteiger partial charge in [-0.05, 0) is 19.9 Å². The Kier molecular flexibility index (Phi) is 4.36. The fourth-order valence-electron chi connectivity index (χ4n) is 1.58. The molecule has 8 heteroatoms. The minimum Gasteiger partial charge on any atom is -0.391 e. The molecule has 0 aliphatic carbocycles. The van der Waals surface area contributed by atoms with Crippen molar-refractivity contribution in [3.63, 3.8) is 0 Å². The molecule has 0 saturated heterocycles. The van der Waals surface area contributed by atoms with Gasteiger partial charge in [-0.15, -0.1) is 11.3 Å². The number of halogens is 6. The highest BCUT2D eigenvalue weighted by molar-refractivity contribution is 7.12. The quantitative estimate of drug-likeness (QED) is 0.815. The Labute approximate surface area is 109 Å². The van der Waals surface area contributed by atoms with Gasteiger partial charge in [-0.25, -0.2) is 4.39 Å². The lowest BCUT2D eigenvalue weighted by atomic mass is 9.90. The lowest BCUT2D eigenvalue weighted by molar-refractivity contribution is -0.121. The summed E-state index contributed by atoms with van der Waals surface area (Å²) in [6, 6.07) is 0.914. The van der Waals surface area contributed by atoms with Gasteiger partial charge in [0.25, 0.3) is 0 Å². The largest absolute Gasteiger partial charge is 0.391 e. The summed E-state index contributed by atoms with van der Waals surface area (Å²) in [5.41, 5.74) is -4.27. The monoisotopic (exact) mass is 304 g/mol. The van der Waals surface area contributed by atoms with E-state index in [1.54, 1.807) is 0 Å². The van der Waals surface area contributed by atoms with E-state index in [2.05, 4.69) is 0 Å². The van der Waals surface area contributed by atoms with Crippen molar-refractivity contribution in [2.45, 2.75) is 32.0 Å². The van der Waals surface area contributed by atoms with Crippen molar-refractivity contribution in [3.05, 3.63) is 33.3 Å². The normalized spacial score (nSPS) is 15.2. The van der Waals surface area contributed by atoms with Crippen LogP contribution in [0.1, 0.15) is 22.2 Å². The molecule has 1 rings (SSSR count). The van der Waals surface area contributed by atoms with Crippen molar-refractivity contribution in [1.29, 1.82) is 0 Å². The molecule has 19 heavy (non-hydrogen) atoms. The van der Waals surface area contributed by atoms with Crippen molar-refractivity contribution in [2.75, 3.05) is 0 Å². The van der Waals surface area contributed by atoms with E-state index in [0.717, 1.165) is 17.4 Å². The molecule has 1 atom stereocenters. The maximum atomic E-state index is 14.2. The fourth-order valence-corrected chi connectivity index (χ4v) is 2.58. The van der Waals surface area contributed by atoms with E-state index in [1.165, 1.54) is 6.92 Å². The Morgan fingerprint density at radius 1 is 1.26 bits per heavy atom. The molecule has 0 aromatic carbocycles. The van der Waals surface area contributed by atoms with E-state index in [0.29, 0.717) is 6.92 Å². The van der Waals surface area contributed by atoms with Crippen LogP contribution in [-0.4, -0.2) is 11.0 Å². The molecule has 0 bridgehead atoms. The first-order valence-electron chi connectivity index (χ1n) is 5.04. The summed E-state index contributed by atoms with van der Waals surface area (Å²) >= 11 is 0.828. The second kappa shape index (κ2) is 5.16. The number of aliphatic hydroxyl groups is 1. The Balaban J connectivity index is 3.37. The molecule has 1 heterocycles. The van der Waals surface area contributed by atoms with E-state index in [-0.39, 0.29) is 9.75 Å². The smallest absolute Gasteiger partial charge is 0.341 e. The predicted molar refractivity (Wildman–Crippen MR) is 58.7 cm³/mol. The number of aliphatic hydroxyl groups excluding tert-OH is 1. The van der Waals surface area contributed by atoms with E-state index in [9.17, 15) is 26.3 Å². The molecule has 0 radical (unpaired) electrons. The van der Waals surface area contributed by atoms with E-state index < -0.39 is 35.7 Å². The molecule has 0 amide bonds. The summed E-state index contributed by atoms with van der Waals surface area (Å²) in [5, 5.41) is 8.84. The molecule has 108 valence electrons. The zero-order chi connectivity index (χ0) is 15.0. The molecule has 1 unspecified atom stereocenters. The molecule has 0 saturated carbocycles. The van der Waals surface area contributed by atoms with Crippen LogP contribution < -0.4 is 0 Å². The second-order valence-corrected chi connectivity index (χ2v) is 5.33. The van der Waals surface area contributed by atoms with Crippen LogP contribution >= 0.6 is 11.3 Å². The summed E-state index contributed by atoms with van der Waals surface area (Å²) in [5.74, 6) is -8.08. The van der Waals surface area contributed by atoms with Gasteiger partial charge in [0.2, 0.25) is 11.5 Å². The lowest BCUT2D eigenvalue weighted by Crippen LogP contribution is -2.40. The molecule has 0 fully saturated rings. The molecule has 1 aromatic rings. The zero-order valence-electron chi connectivity index (χ0n) is 9.91. The summed E-state index contributed by atoms with van der Waals surface area (Å²) < 4.78 is 77.9. The van der Waals surface area contributed by atoms with Gasteiger partial charge in [-0.2, -0.15) is 22.0 Å². The van der Waals surface area contributed by atoms with E-state index >= 15 is 0 Å². The highest BCUT2D eigenvalue weighted by Gasteiger charge is 2.58. The summed E-state index contributed by atoms with van der Waals surface area (Å²) in [7, 11) is 0. The maximum Gasteiger partial charge on any atom is 0.341 e. The van der Waals surface area contributed by atoms with Crippen LogP contribution in [-0.2, 0) is 12.3 Å². The Bertz CT molecular complexity index is 501. The van der Waals surface area contributed by atoms with Crippen LogP contribution in [0.25, 0.3) is 0 Å². The third-order valence-corrected chi connectivity index (χ3v) is 3.70. The minimum absolute atomic E-state index is 0.0563. The molecule has 0 aliphatic heterocycles. The van der Waals surface area contributed by atoms with Gasteiger partial charge in [0.15, 0.2) is 0 Å². The van der Waals surface area contributed by atoms with Crippen molar-refractivity contribution in [1.82, 2.24) is 0 Å². The third kappa shape index (κ3) is 2.64. The molecule has 1 nitrogen and oxygen atoms in total. The van der Waals surface area contributed by atoms with Gasteiger partial charge < -0.3 is 5.11 Å². The molecule has 1 N–H and O–H groups in total. The van der Waals surface area contributed by atoms with Crippen molar-refractivity contribution in [2.24, 2.45) is 0 Å². The van der Waals surface area contributed by atoms with Crippen LogP contribution in [0.15, 0.2) is 18.0 Å². The van der Waals surface area contributed by atoms with Crippen LogP contribution in [0.4, 0.5) is 26.3 Å². The summed E-state index contributed by atoms with van der Waals surface area (Å²) in [6.07, 6.45) is -3.26. The Morgan fingerprint density at radius 2 is 1.79 bits per heavy atom. The standard InChI is InChI=1S/C11H10F6OS/c1-5-7(3-6(4-18)19-5)10(2,15)11(16,17)8(12)9(13)14/h3,18H,4H2,1-2H3. The highest BCUT2D eigenvalue weighted by Crippen LogP contribution is 2.49.